The fourth-order valence-electron chi connectivity index (χ4n) is 3.06. The summed E-state index contributed by atoms with van der Waals surface area (Å²) in [5.74, 6) is 2.04. The molecule has 3 rings (SSSR count). The van der Waals surface area contributed by atoms with E-state index in [0.29, 0.717) is 6.61 Å². The summed E-state index contributed by atoms with van der Waals surface area (Å²) in [7, 11) is 4.19. The maximum absolute atomic E-state index is 6.15. The number of hydrogen-bond acceptors (Lipinski definition) is 7. The van der Waals surface area contributed by atoms with E-state index in [2.05, 4.69) is 45.1 Å². The molecule has 0 spiro atoms. The number of nitrogens with one attached hydrogen (secondary N) is 1. The van der Waals surface area contributed by atoms with Crippen LogP contribution in [0.3, 0.4) is 0 Å². The minimum Gasteiger partial charge on any atom is -0.369 e. The smallest absolute Gasteiger partial charge is 0.190 e. The molecule has 3 heterocycles. The van der Waals surface area contributed by atoms with Gasteiger partial charge in [-0.05, 0) is 39.4 Å². The van der Waals surface area contributed by atoms with Crippen molar-refractivity contribution in [2.24, 2.45) is 0 Å². The van der Waals surface area contributed by atoms with Gasteiger partial charge in [0.05, 0.1) is 17.6 Å². The summed E-state index contributed by atoms with van der Waals surface area (Å²) in [6, 6.07) is 0. The van der Waals surface area contributed by atoms with Gasteiger partial charge in [-0.2, -0.15) is 0 Å². The lowest BCUT2D eigenvalue weighted by atomic mass is 9.90. The largest absolute Gasteiger partial charge is 0.369 e. The average Bonchev–Trinajstić information content (AvgIpc) is 2.97. The molecule has 0 amide bonds. The van der Waals surface area contributed by atoms with Crippen LogP contribution in [0.1, 0.15) is 44.1 Å². The van der Waals surface area contributed by atoms with Crippen molar-refractivity contribution in [3.8, 4) is 0 Å². The minimum atomic E-state index is -0.0858. The monoisotopic (exact) mass is 394 g/mol. The van der Waals surface area contributed by atoms with E-state index >= 15 is 0 Å². The lowest BCUT2D eigenvalue weighted by molar-refractivity contribution is -0.0542. The van der Waals surface area contributed by atoms with Crippen molar-refractivity contribution in [2.75, 3.05) is 38.3 Å². The zero-order valence-corrected chi connectivity index (χ0v) is 18.1. The van der Waals surface area contributed by atoms with Gasteiger partial charge in [0, 0.05) is 30.1 Å². The molecule has 0 aromatic carbocycles. The highest BCUT2D eigenvalue weighted by Crippen LogP contribution is 2.42. The summed E-state index contributed by atoms with van der Waals surface area (Å²) in [6.45, 7) is 9.15. The van der Waals surface area contributed by atoms with E-state index < -0.39 is 0 Å². The van der Waals surface area contributed by atoms with Gasteiger partial charge in [0.15, 0.2) is 5.16 Å². The summed E-state index contributed by atoms with van der Waals surface area (Å²) in [4.78, 5) is 14.3. The second kappa shape index (κ2) is 8.42. The Bertz CT molecular complexity index is 762. The lowest BCUT2D eigenvalue weighted by Gasteiger charge is -2.33. The molecule has 0 radical (unpaired) electrons. The van der Waals surface area contributed by atoms with E-state index in [0.717, 1.165) is 53.9 Å². The van der Waals surface area contributed by atoms with Crippen molar-refractivity contribution in [2.45, 2.75) is 57.4 Å². The number of hydrogen-bond donors (Lipinski definition) is 1. The van der Waals surface area contributed by atoms with Gasteiger partial charge in [0.25, 0.3) is 0 Å². The molecule has 1 atom stereocenters. The van der Waals surface area contributed by atoms with E-state index in [-0.39, 0.29) is 5.60 Å². The third-order valence-electron chi connectivity index (χ3n) is 4.85. The molecule has 0 bridgehead atoms. The van der Waals surface area contributed by atoms with Crippen molar-refractivity contribution >= 4 is 39.1 Å². The molecule has 0 saturated heterocycles. The first-order chi connectivity index (χ1) is 12.5. The Balaban J connectivity index is 2.00. The molecule has 0 fully saturated rings. The molecule has 1 N–H and O–H groups in total. The van der Waals surface area contributed by atoms with Crippen LogP contribution >= 0.6 is 23.1 Å². The van der Waals surface area contributed by atoms with Crippen LogP contribution in [0.2, 0.25) is 0 Å². The van der Waals surface area contributed by atoms with Crippen LogP contribution in [0.4, 0.5) is 5.82 Å². The average molecular weight is 395 g/mol. The first-order valence-corrected chi connectivity index (χ1v) is 11.2. The Morgan fingerprint density at radius 2 is 2.12 bits per heavy atom. The molecule has 5 nitrogen and oxygen atoms in total. The van der Waals surface area contributed by atoms with Crippen LogP contribution in [0, 0.1) is 0 Å². The molecule has 1 aliphatic heterocycles. The van der Waals surface area contributed by atoms with Gasteiger partial charge in [-0.3, -0.25) is 0 Å². The van der Waals surface area contributed by atoms with Crippen LogP contribution < -0.4 is 5.32 Å². The summed E-state index contributed by atoms with van der Waals surface area (Å²) >= 11 is 3.51. The van der Waals surface area contributed by atoms with Crippen LogP contribution in [0.25, 0.3) is 10.2 Å². The molecule has 144 valence electrons. The third-order valence-corrected chi connectivity index (χ3v) is 7.00. The zero-order valence-electron chi connectivity index (χ0n) is 16.5. The molecular weight excluding hydrogens is 364 g/mol. The van der Waals surface area contributed by atoms with Gasteiger partial charge in [0.2, 0.25) is 0 Å². The fourth-order valence-corrected chi connectivity index (χ4v) is 4.92. The Labute approximate surface area is 164 Å². The topological polar surface area (TPSA) is 50.3 Å². The fraction of sp³-hybridized carbons (Fsp3) is 0.684. The van der Waals surface area contributed by atoms with E-state index in [4.69, 9.17) is 14.7 Å². The molecule has 1 aliphatic rings. The van der Waals surface area contributed by atoms with Crippen molar-refractivity contribution in [3.05, 3.63) is 10.4 Å². The Morgan fingerprint density at radius 1 is 1.31 bits per heavy atom. The number of rotatable bonds is 8. The first-order valence-electron chi connectivity index (χ1n) is 9.43. The van der Waals surface area contributed by atoms with Crippen LogP contribution in [-0.2, 0) is 17.8 Å². The van der Waals surface area contributed by atoms with Crippen LogP contribution in [-0.4, -0.2) is 53.4 Å². The van der Waals surface area contributed by atoms with E-state index in [1.54, 1.807) is 23.1 Å². The SMILES string of the molecule is CCCSc1nc(NCCN(C)C)c2c3c(sc2n1)CO[C@](C)(CC)C3. The number of aromatic nitrogens is 2. The second-order valence-electron chi connectivity index (χ2n) is 7.39. The molecule has 0 unspecified atom stereocenters. The third kappa shape index (κ3) is 4.32. The van der Waals surface area contributed by atoms with Gasteiger partial charge < -0.3 is 15.0 Å². The van der Waals surface area contributed by atoms with E-state index in [1.807, 2.05) is 0 Å². The van der Waals surface area contributed by atoms with Crippen molar-refractivity contribution < 1.29 is 4.74 Å². The van der Waals surface area contributed by atoms with Crippen molar-refractivity contribution in [1.82, 2.24) is 14.9 Å². The number of likely N-dealkylation sites (N-methyl/N-ethyl adjacent to an activating group) is 1. The normalized spacial score (nSPS) is 19.9. The molecule has 2 aromatic heterocycles. The van der Waals surface area contributed by atoms with Gasteiger partial charge in [-0.1, -0.05) is 25.6 Å². The highest BCUT2D eigenvalue weighted by Gasteiger charge is 2.33. The maximum Gasteiger partial charge on any atom is 0.190 e. The first kappa shape index (κ1) is 19.9. The number of anilines is 1. The van der Waals surface area contributed by atoms with Gasteiger partial charge >= 0.3 is 0 Å². The maximum atomic E-state index is 6.15. The Kier molecular flexibility index (Phi) is 6.43. The number of ether oxygens (including phenoxy) is 1. The van der Waals surface area contributed by atoms with Gasteiger partial charge in [-0.25, -0.2) is 9.97 Å². The standard InChI is InChI=1S/C19H30N4OS2/c1-6-10-25-18-21-16(20-8-9-23(4)5)15-13-11-19(3,7-2)24-12-14(13)26-17(15)22-18/h6-12H2,1-5H3,(H,20,21,22)/t19-/m1/s1. The summed E-state index contributed by atoms with van der Waals surface area (Å²) in [6.07, 6.45) is 3.07. The molecule has 2 aromatic rings. The summed E-state index contributed by atoms with van der Waals surface area (Å²) in [5.41, 5.74) is 1.30. The lowest BCUT2D eigenvalue weighted by Crippen LogP contribution is -2.34. The van der Waals surface area contributed by atoms with Gasteiger partial charge in [0.1, 0.15) is 10.6 Å². The zero-order chi connectivity index (χ0) is 18.7. The Hall–Kier alpha value is -0.890. The number of fused-ring (bicyclic) bond motifs is 3. The molecule has 7 heteroatoms. The van der Waals surface area contributed by atoms with E-state index in [1.165, 1.54) is 15.8 Å². The summed E-state index contributed by atoms with van der Waals surface area (Å²) < 4.78 is 6.15. The van der Waals surface area contributed by atoms with Crippen molar-refractivity contribution in [3.63, 3.8) is 0 Å². The molecule has 0 aliphatic carbocycles. The van der Waals surface area contributed by atoms with Crippen LogP contribution in [0.15, 0.2) is 5.16 Å². The molecule has 0 saturated carbocycles. The van der Waals surface area contributed by atoms with E-state index in [9.17, 15) is 0 Å². The second-order valence-corrected chi connectivity index (χ2v) is 9.53. The van der Waals surface area contributed by atoms with Crippen molar-refractivity contribution in [1.29, 1.82) is 0 Å². The minimum absolute atomic E-state index is 0.0858. The summed E-state index contributed by atoms with van der Waals surface area (Å²) in [5, 5.41) is 5.67. The highest BCUT2D eigenvalue weighted by atomic mass is 32.2. The number of nitrogens with zero attached hydrogens (tertiary/aromatic N) is 3. The number of thioether (sulfide) groups is 1. The predicted molar refractivity (Wildman–Crippen MR) is 113 cm³/mol. The quantitative estimate of drug-likeness (QED) is 0.529. The Morgan fingerprint density at radius 3 is 2.81 bits per heavy atom. The van der Waals surface area contributed by atoms with Gasteiger partial charge in [-0.15, -0.1) is 11.3 Å². The molecule has 26 heavy (non-hydrogen) atoms. The predicted octanol–water partition coefficient (Wildman–Crippen LogP) is 4.41. The highest BCUT2D eigenvalue weighted by molar-refractivity contribution is 7.99. The van der Waals surface area contributed by atoms with Crippen LogP contribution in [0.5, 0.6) is 0 Å². The number of thiophene rings is 1. The molecular formula is C19H30N4OS2.